The highest BCUT2D eigenvalue weighted by molar-refractivity contribution is 5.94. The van der Waals surface area contributed by atoms with E-state index in [0.717, 1.165) is 17.4 Å². The Hall–Kier alpha value is -2.93. The van der Waals surface area contributed by atoms with Gasteiger partial charge in [0.25, 0.3) is 0 Å². The first kappa shape index (κ1) is 15.0. The number of hydrogen-bond acceptors (Lipinski definition) is 3. The fourth-order valence-electron chi connectivity index (χ4n) is 2.71. The van der Waals surface area contributed by atoms with Crippen molar-refractivity contribution in [1.29, 1.82) is 5.26 Å². The lowest BCUT2D eigenvalue weighted by Gasteiger charge is -2.21. The number of aromatic nitrogens is 1. The number of para-hydroxylation sites is 1. The monoisotopic (exact) mass is 305 g/mol. The minimum Gasteiger partial charge on any atom is -0.376 e. The second-order valence-corrected chi connectivity index (χ2v) is 5.30. The molecule has 23 heavy (non-hydrogen) atoms. The molecule has 3 nitrogen and oxygen atoms in total. The molecule has 0 amide bonds. The molecule has 0 aliphatic heterocycles. The molecule has 0 aliphatic carbocycles. The molecule has 2 aromatic carbocycles. The summed E-state index contributed by atoms with van der Waals surface area (Å²) in [6.07, 6.45) is 0.813. The molecular formula is C19H16FN3. The van der Waals surface area contributed by atoms with Crippen LogP contribution in [0.25, 0.3) is 10.9 Å². The van der Waals surface area contributed by atoms with Gasteiger partial charge in [-0.3, -0.25) is 0 Å². The molecule has 0 aliphatic rings. The van der Waals surface area contributed by atoms with Crippen LogP contribution in [0.5, 0.6) is 0 Å². The van der Waals surface area contributed by atoms with Crippen LogP contribution in [-0.4, -0.2) is 4.98 Å². The van der Waals surface area contributed by atoms with E-state index in [2.05, 4.69) is 17.2 Å². The maximum Gasteiger partial charge on any atom is 0.233 e. The van der Waals surface area contributed by atoms with Crippen LogP contribution in [0.1, 0.15) is 30.5 Å². The third-order valence-corrected chi connectivity index (χ3v) is 3.89. The van der Waals surface area contributed by atoms with Gasteiger partial charge in [-0.25, -0.2) is 4.98 Å². The van der Waals surface area contributed by atoms with Crippen molar-refractivity contribution in [3.05, 3.63) is 71.7 Å². The highest BCUT2D eigenvalue weighted by atomic mass is 19.1. The van der Waals surface area contributed by atoms with Gasteiger partial charge in [0.1, 0.15) is 11.6 Å². The van der Waals surface area contributed by atoms with Gasteiger partial charge in [0, 0.05) is 5.39 Å². The minimum atomic E-state index is -0.739. The second-order valence-electron chi connectivity index (χ2n) is 5.30. The topological polar surface area (TPSA) is 48.7 Å². The van der Waals surface area contributed by atoms with Gasteiger partial charge in [0.05, 0.1) is 17.2 Å². The van der Waals surface area contributed by atoms with E-state index in [1.165, 1.54) is 0 Å². The normalized spacial score (nSPS) is 11.9. The molecular weight excluding hydrogens is 289 g/mol. The van der Waals surface area contributed by atoms with E-state index in [-0.39, 0.29) is 11.6 Å². The maximum absolute atomic E-state index is 14.2. The number of pyridine rings is 1. The van der Waals surface area contributed by atoms with Crippen LogP contribution in [0.2, 0.25) is 0 Å². The van der Waals surface area contributed by atoms with Crippen LogP contribution in [0, 0.1) is 17.3 Å². The fourth-order valence-corrected chi connectivity index (χ4v) is 2.71. The summed E-state index contributed by atoms with van der Waals surface area (Å²) in [4.78, 5) is 3.88. The van der Waals surface area contributed by atoms with Gasteiger partial charge in [-0.15, -0.1) is 0 Å². The number of benzene rings is 2. The average molecular weight is 305 g/mol. The Kier molecular flexibility index (Phi) is 4.20. The number of hydrogen-bond donors (Lipinski definition) is 1. The van der Waals surface area contributed by atoms with Gasteiger partial charge in [-0.2, -0.15) is 9.65 Å². The zero-order valence-corrected chi connectivity index (χ0v) is 12.8. The van der Waals surface area contributed by atoms with Crippen molar-refractivity contribution < 1.29 is 4.39 Å². The van der Waals surface area contributed by atoms with Gasteiger partial charge in [0.15, 0.2) is 0 Å². The van der Waals surface area contributed by atoms with Crippen molar-refractivity contribution >= 4 is 16.6 Å². The summed E-state index contributed by atoms with van der Waals surface area (Å²) in [5, 5.41) is 13.4. The standard InChI is InChI=1S/C19H16FN3/c1-2-16(13-8-4-3-5-9-13)22-18-14-10-6-7-11-17(14)23-19(20)15(18)12-21/h3-11,16H,2H2,1H3,(H,22,23)/t16-/m1/s1. The molecule has 0 fully saturated rings. The molecule has 3 rings (SSSR count). The molecule has 0 spiro atoms. The number of nitriles is 1. The van der Waals surface area contributed by atoms with E-state index in [1.807, 2.05) is 48.5 Å². The van der Waals surface area contributed by atoms with Crippen LogP contribution >= 0.6 is 0 Å². The summed E-state index contributed by atoms with van der Waals surface area (Å²) in [5.41, 5.74) is 2.10. The van der Waals surface area contributed by atoms with Crippen LogP contribution in [0.4, 0.5) is 10.1 Å². The Morgan fingerprint density at radius 1 is 1.13 bits per heavy atom. The summed E-state index contributed by atoms with van der Waals surface area (Å²) >= 11 is 0. The summed E-state index contributed by atoms with van der Waals surface area (Å²) in [6.45, 7) is 2.05. The second kappa shape index (κ2) is 6.45. The van der Waals surface area contributed by atoms with E-state index >= 15 is 0 Å². The molecule has 1 N–H and O–H groups in total. The Morgan fingerprint density at radius 2 is 1.83 bits per heavy atom. The van der Waals surface area contributed by atoms with Crippen molar-refractivity contribution in [2.24, 2.45) is 0 Å². The summed E-state index contributed by atoms with van der Waals surface area (Å²) in [5.74, 6) is -0.739. The summed E-state index contributed by atoms with van der Waals surface area (Å²) < 4.78 is 14.2. The van der Waals surface area contributed by atoms with Crippen molar-refractivity contribution in [3.8, 4) is 6.07 Å². The lowest BCUT2D eigenvalue weighted by Crippen LogP contribution is -2.12. The Labute approximate surface area is 134 Å². The highest BCUT2D eigenvalue weighted by Crippen LogP contribution is 2.31. The van der Waals surface area contributed by atoms with E-state index in [4.69, 9.17) is 0 Å². The fraction of sp³-hybridized carbons (Fsp3) is 0.158. The number of rotatable bonds is 4. The minimum absolute atomic E-state index is 0.00601. The molecule has 0 radical (unpaired) electrons. The number of nitrogens with one attached hydrogen (secondary N) is 1. The lowest BCUT2D eigenvalue weighted by atomic mass is 10.0. The van der Waals surface area contributed by atoms with Crippen molar-refractivity contribution in [2.45, 2.75) is 19.4 Å². The lowest BCUT2D eigenvalue weighted by molar-refractivity contribution is 0.585. The quantitative estimate of drug-likeness (QED) is 0.704. The predicted octanol–water partition coefficient (Wildman–Crippen LogP) is 4.81. The SMILES string of the molecule is CC[C@@H](Nc1c(C#N)c(F)nc2ccccc12)c1ccccc1. The Bertz CT molecular complexity index is 869. The number of halogens is 1. The van der Waals surface area contributed by atoms with Gasteiger partial charge < -0.3 is 5.32 Å². The Balaban J connectivity index is 2.13. The van der Waals surface area contributed by atoms with Crippen LogP contribution in [0.3, 0.4) is 0 Å². The molecule has 0 unspecified atom stereocenters. The maximum atomic E-state index is 14.2. The third kappa shape index (κ3) is 2.86. The van der Waals surface area contributed by atoms with Gasteiger partial charge in [0.2, 0.25) is 5.95 Å². The van der Waals surface area contributed by atoms with Crippen molar-refractivity contribution in [3.63, 3.8) is 0 Å². The van der Waals surface area contributed by atoms with Crippen LogP contribution in [0.15, 0.2) is 54.6 Å². The molecule has 3 aromatic rings. The largest absolute Gasteiger partial charge is 0.376 e. The van der Waals surface area contributed by atoms with E-state index in [9.17, 15) is 9.65 Å². The molecule has 1 heterocycles. The summed E-state index contributed by atoms with van der Waals surface area (Å²) in [6, 6.07) is 19.1. The van der Waals surface area contributed by atoms with Crippen molar-refractivity contribution in [1.82, 2.24) is 4.98 Å². The molecule has 4 heteroatoms. The van der Waals surface area contributed by atoms with Crippen LogP contribution < -0.4 is 5.32 Å². The Morgan fingerprint density at radius 3 is 2.52 bits per heavy atom. The number of fused-ring (bicyclic) bond motifs is 1. The van der Waals surface area contributed by atoms with E-state index < -0.39 is 5.95 Å². The molecule has 114 valence electrons. The first-order valence-corrected chi connectivity index (χ1v) is 7.54. The zero-order valence-electron chi connectivity index (χ0n) is 12.8. The van der Waals surface area contributed by atoms with E-state index in [0.29, 0.717) is 11.2 Å². The first-order valence-electron chi connectivity index (χ1n) is 7.54. The summed E-state index contributed by atoms with van der Waals surface area (Å²) in [7, 11) is 0. The molecule has 0 saturated carbocycles. The molecule has 0 bridgehead atoms. The highest BCUT2D eigenvalue weighted by Gasteiger charge is 2.18. The van der Waals surface area contributed by atoms with Gasteiger partial charge in [-0.05, 0) is 18.1 Å². The third-order valence-electron chi connectivity index (χ3n) is 3.89. The number of nitrogens with zero attached hydrogens (tertiary/aromatic N) is 2. The van der Waals surface area contributed by atoms with E-state index in [1.54, 1.807) is 12.1 Å². The zero-order chi connectivity index (χ0) is 16.2. The average Bonchev–Trinajstić information content (AvgIpc) is 2.60. The van der Waals surface area contributed by atoms with Gasteiger partial charge in [-0.1, -0.05) is 55.5 Å². The first-order chi connectivity index (χ1) is 11.2. The predicted molar refractivity (Wildman–Crippen MR) is 89.5 cm³/mol. The van der Waals surface area contributed by atoms with Crippen LogP contribution in [-0.2, 0) is 0 Å². The van der Waals surface area contributed by atoms with Crippen molar-refractivity contribution in [2.75, 3.05) is 5.32 Å². The molecule has 1 aromatic heterocycles. The smallest absolute Gasteiger partial charge is 0.233 e. The molecule has 1 atom stereocenters. The van der Waals surface area contributed by atoms with Gasteiger partial charge >= 0.3 is 0 Å². The number of anilines is 1. The molecule has 0 saturated heterocycles.